The number of rotatable bonds is 3. The lowest BCUT2D eigenvalue weighted by atomic mass is 9.97. The Morgan fingerprint density at radius 3 is 2.38 bits per heavy atom. The Hall–Kier alpha value is -2.69. The third-order valence-electron chi connectivity index (χ3n) is 3.44. The molecule has 0 aliphatic rings. The molecule has 0 radical (unpaired) electrons. The molecule has 0 aliphatic heterocycles. The van der Waals surface area contributed by atoms with Crippen LogP contribution in [-0.2, 0) is 0 Å². The van der Waals surface area contributed by atoms with Gasteiger partial charge in [0.2, 0.25) is 5.88 Å². The Morgan fingerprint density at radius 1 is 1.00 bits per heavy atom. The molecule has 21 heavy (non-hydrogen) atoms. The Labute approximate surface area is 122 Å². The van der Waals surface area contributed by atoms with Gasteiger partial charge in [-0.15, -0.1) is 0 Å². The summed E-state index contributed by atoms with van der Waals surface area (Å²) in [5.74, 6) is 0.793. The molecule has 0 spiro atoms. The van der Waals surface area contributed by atoms with Crippen molar-refractivity contribution in [2.45, 2.75) is 19.8 Å². The van der Waals surface area contributed by atoms with Crippen LogP contribution >= 0.6 is 0 Å². The van der Waals surface area contributed by atoms with Crippen LogP contribution in [0.2, 0.25) is 0 Å². The van der Waals surface area contributed by atoms with Crippen LogP contribution in [0.25, 0.3) is 22.4 Å². The molecule has 0 bridgehead atoms. The van der Waals surface area contributed by atoms with Crippen LogP contribution in [0.4, 0.5) is 5.88 Å². The van der Waals surface area contributed by atoms with E-state index in [2.05, 4.69) is 41.3 Å². The lowest BCUT2D eigenvalue weighted by molar-refractivity contribution is 0.439. The average Bonchev–Trinajstić information content (AvgIpc) is 2.90. The maximum Gasteiger partial charge on any atom is 0.230 e. The lowest BCUT2D eigenvalue weighted by Gasteiger charge is -2.07. The minimum absolute atomic E-state index is 0.305. The van der Waals surface area contributed by atoms with Crippen LogP contribution in [0.5, 0.6) is 0 Å². The first kappa shape index (κ1) is 13.3. The number of nitrogens with zero attached hydrogens (tertiary/aromatic N) is 3. The van der Waals surface area contributed by atoms with E-state index in [1.807, 2.05) is 18.2 Å². The summed E-state index contributed by atoms with van der Waals surface area (Å²) >= 11 is 0. The van der Waals surface area contributed by atoms with Crippen molar-refractivity contribution in [2.75, 3.05) is 5.73 Å². The van der Waals surface area contributed by atoms with E-state index in [1.165, 1.54) is 5.56 Å². The van der Waals surface area contributed by atoms with Crippen LogP contribution in [-0.4, -0.2) is 15.4 Å². The van der Waals surface area contributed by atoms with Gasteiger partial charge in [0.25, 0.3) is 0 Å². The zero-order chi connectivity index (χ0) is 14.8. The van der Waals surface area contributed by atoms with Crippen molar-refractivity contribution in [3.8, 4) is 22.4 Å². The van der Waals surface area contributed by atoms with Crippen molar-refractivity contribution >= 4 is 5.88 Å². The summed E-state index contributed by atoms with van der Waals surface area (Å²) in [7, 11) is 0. The summed E-state index contributed by atoms with van der Waals surface area (Å²) < 4.78 is 5.16. The fourth-order valence-electron chi connectivity index (χ4n) is 2.24. The molecule has 2 aromatic heterocycles. The van der Waals surface area contributed by atoms with Crippen molar-refractivity contribution in [3.05, 3.63) is 48.3 Å². The molecule has 0 amide bonds. The van der Waals surface area contributed by atoms with Gasteiger partial charge in [-0.1, -0.05) is 43.3 Å². The summed E-state index contributed by atoms with van der Waals surface area (Å²) in [6, 6.07) is 10.1. The highest BCUT2D eigenvalue weighted by Crippen LogP contribution is 2.36. The van der Waals surface area contributed by atoms with E-state index in [9.17, 15) is 0 Å². The molecule has 0 saturated carbocycles. The van der Waals surface area contributed by atoms with E-state index < -0.39 is 0 Å². The second-order valence-corrected chi connectivity index (χ2v) is 5.18. The first-order chi connectivity index (χ1) is 10.2. The standard InChI is InChI=1S/C16H16N4O/c1-10(2)11-3-5-12(6-4-11)14-15(20-21-16(14)17)13-7-8-18-19-9-13/h3-10H,17H2,1-2H3. The van der Waals surface area contributed by atoms with Crippen molar-refractivity contribution in [3.63, 3.8) is 0 Å². The number of benzene rings is 1. The van der Waals surface area contributed by atoms with E-state index in [1.54, 1.807) is 12.4 Å². The Bertz CT molecular complexity index is 733. The topological polar surface area (TPSA) is 77.8 Å². The third kappa shape index (κ3) is 2.50. The van der Waals surface area contributed by atoms with E-state index >= 15 is 0 Å². The van der Waals surface area contributed by atoms with Gasteiger partial charge in [-0.25, -0.2) is 0 Å². The molecule has 2 N–H and O–H groups in total. The smallest absolute Gasteiger partial charge is 0.230 e. The van der Waals surface area contributed by atoms with E-state index in [0.29, 0.717) is 17.5 Å². The van der Waals surface area contributed by atoms with Crippen LogP contribution in [0.3, 0.4) is 0 Å². The van der Waals surface area contributed by atoms with Gasteiger partial charge in [0.1, 0.15) is 5.69 Å². The second kappa shape index (κ2) is 5.36. The molecular formula is C16H16N4O. The predicted octanol–water partition coefficient (Wildman–Crippen LogP) is 3.50. The van der Waals surface area contributed by atoms with Crippen molar-refractivity contribution < 1.29 is 4.52 Å². The highest BCUT2D eigenvalue weighted by atomic mass is 16.5. The number of aromatic nitrogens is 3. The Morgan fingerprint density at radius 2 is 1.76 bits per heavy atom. The number of hydrogen-bond donors (Lipinski definition) is 1. The summed E-state index contributed by atoms with van der Waals surface area (Å²) in [4.78, 5) is 0. The molecule has 5 nitrogen and oxygen atoms in total. The van der Waals surface area contributed by atoms with Crippen LogP contribution in [0, 0.1) is 0 Å². The maximum atomic E-state index is 5.94. The first-order valence-electron chi connectivity index (χ1n) is 6.79. The molecule has 5 heteroatoms. The Balaban J connectivity index is 2.08. The minimum Gasteiger partial charge on any atom is -0.367 e. The molecule has 0 unspecified atom stereocenters. The molecule has 0 saturated heterocycles. The molecule has 3 aromatic rings. The van der Waals surface area contributed by atoms with Gasteiger partial charge in [-0.3, -0.25) is 0 Å². The van der Waals surface area contributed by atoms with E-state index in [0.717, 1.165) is 16.7 Å². The van der Waals surface area contributed by atoms with Gasteiger partial charge < -0.3 is 10.3 Å². The van der Waals surface area contributed by atoms with E-state index in [-0.39, 0.29) is 0 Å². The van der Waals surface area contributed by atoms with Gasteiger partial charge in [-0.2, -0.15) is 10.2 Å². The molecule has 3 rings (SSSR count). The number of nitrogen functional groups attached to an aromatic ring is 1. The van der Waals surface area contributed by atoms with Crippen LogP contribution in [0.15, 0.2) is 47.2 Å². The third-order valence-corrected chi connectivity index (χ3v) is 3.44. The molecule has 1 aromatic carbocycles. The summed E-state index contributed by atoms with van der Waals surface area (Å²) in [5, 5.41) is 11.7. The molecule has 0 aliphatic carbocycles. The zero-order valence-corrected chi connectivity index (χ0v) is 11.9. The fraction of sp³-hybridized carbons (Fsp3) is 0.188. The fourth-order valence-corrected chi connectivity index (χ4v) is 2.24. The van der Waals surface area contributed by atoms with Gasteiger partial charge in [-0.05, 0) is 23.1 Å². The maximum absolute atomic E-state index is 5.94. The predicted molar refractivity (Wildman–Crippen MR) is 81.5 cm³/mol. The lowest BCUT2D eigenvalue weighted by Crippen LogP contribution is -1.91. The number of hydrogen-bond acceptors (Lipinski definition) is 5. The van der Waals surface area contributed by atoms with Crippen molar-refractivity contribution in [1.82, 2.24) is 15.4 Å². The van der Waals surface area contributed by atoms with Crippen molar-refractivity contribution in [2.24, 2.45) is 0 Å². The molecule has 0 atom stereocenters. The normalized spacial score (nSPS) is 11.0. The van der Waals surface area contributed by atoms with Crippen LogP contribution < -0.4 is 5.73 Å². The van der Waals surface area contributed by atoms with Gasteiger partial charge in [0.05, 0.1) is 18.0 Å². The molecule has 2 heterocycles. The minimum atomic E-state index is 0.305. The summed E-state index contributed by atoms with van der Waals surface area (Å²) in [6.07, 6.45) is 3.26. The Kier molecular flexibility index (Phi) is 3.39. The highest BCUT2D eigenvalue weighted by molar-refractivity contribution is 5.86. The van der Waals surface area contributed by atoms with Gasteiger partial charge >= 0.3 is 0 Å². The summed E-state index contributed by atoms with van der Waals surface area (Å²) in [6.45, 7) is 4.33. The highest BCUT2D eigenvalue weighted by Gasteiger charge is 2.17. The first-order valence-corrected chi connectivity index (χ1v) is 6.79. The monoisotopic (exact) mass is 280 g/mol. The van der Waals surface area contributed by atoms with E-state index in [4.69, 9.17) is 10.3 Å². The van der Waals surface area contributed by atoms with Crippen molar-refractivity contribution in [1.29, 1.82) is 0 Å². The number of nitrogens with two attached hydrogens (primary N) is 1. The van der Waals surface area contributed by atoms with Gasteiger partial charge in [0.15, 0.2) is 0 Å². The number of anilines is 1. The molecule has 0 fully saturated rings. The average molecular weight is 280 g/mol. The zero-order valence-electron chi connectivity index (χ0n) is 11.9. The van der Waals surface area contributed by atoms with Crippen LogP contribution in [0.1, 0.15) is 25.3 Å². The quantitative estimate of drug-likeness (QED) is 0.794. The van der Waals surface area contributed by atoms with Gasteiger partial charge in [0, 0.05) is 5.56 Å². The summed E-state index contributed by atoms with van der Waals surface area (Å²) in [5.41, 5.74) is 10.5. The second-order valence-electron chi connectivity index (χ2n) is 5.18. The SMILES string of the molecule is CC(C)c1ccc(-c2c(-c3ccnnc3)noc2N)cc1. The largest absolute Gasteiger partial charge is 0.367 e. The molecular weight excluding hydrogens is 264 g/mol. The molecule has 106 valence electrons.